The number of hydrogen-bond acceptors (Lipinski definition) is 7. The number of aromatic nitrogens is 3. The predicted octanol–water partition coefficient (Wildman–Crippen LogP) is 4.46. The molecule has 3 heterocycles. The number of piperidine rings is 1. The van der Waals surface area contributed by atoms with Crippen LogP contribution >= 0.6 is 0 Å². The van der Waals surface area contributed by atoms with Gasteiger partial charge in [-0.25, -0.2) is 4.98 Å². The number of carbonyl (C=O) groups is 1. The van der Waals surface area contributed by atoms with Crippen LogP contribution in [-0.2, 0) is 4.79 Å². The summed E-state index contributed by atoms with van der Waals surface area (Å²) in [6.07, 6.45) is 7.14. The number of benzene rings is 1. The predicted molar refractivity (Wildman–Crippen MR) is 125 cm³/mol. The summed E-state index contributed by atoms with van der Waals surface area (Å²) < 4.78 is 5.25. The Morgan fingerprint density at radius 3 is 2.41 bits per heavy atom. The zero-order valence-electron chi connectivity index (χ0n) is 18.9. The Balaban J connectivity index is 1.55. The van der Waals surface area contributed by atoms with Crippen LogP contribution in [-0.4, -0.2) is 38.5 Å². The highest BCUT2D eigenvalue weighted by Gasteiger charge is 2.37. The van der Waals surface area contributed by atoms with Gasteiger partial charge in [-0.1, -0.05) is 12.1 Å². The molecule has 2 N–H and O–H groups in total. The van der Waals surface area contributed by atoms with E-state index in [1.165, 1.54) is 0 Å². The van der Waals surface area contributed by atoms with Gasteiger partial charge in [0.1, 0.15) is 11.6 Å². The van der Waals surface area contributed by atoms with Crippen molar-refractivity contribution in [3.05, 3.63) is 55.0 Å². The summed E-state index contributed by atoms with van der Waals surface area (Å²) in [5, 5.41) is 7.22. The van der Waals surface area contributed by atoms with Crippen LogP contribution in [0.2, 0.25) is 0 Å². The van der Waals surface area contributed by atoms with E-state index >= 15 is 0 Å². The smallest absolute Gasteiger partial charge is 0.298 e. The van der Waals surface area contributed by atoms with Crippen LogP contribution in [0, 0.1) is 0 Å². The Bertz CT molecular complexity index is 1070. The number of rotatable bonds is 6. The molecule has 1 aliphatic rings. The summed E-state index contributed by atoms with van der Waals surface area (Å²) in [7, 11) is 0. The second kappa shape index (κ2) is 8.67. The molecule has 1 fully saturated rings. The van der Waals surface area contributed by atoms with Crippen LogP contribution in [0.4, 0.5) is 5.82 Å². The molecule has 7 heteroatoms. The average molecular weight is 432 g/mol. The van der Waals surface area contributed by atoms with Crippen molar-refractivity contribution < 1.29 is 9.53 Å². The lowest BCUT2D eigenvalue weighted by Crippen LogP contribution is -2.60. The maximum Gasteiger partial charge on any atom is 0.298 e. The minimum Gasteiger partial charge on any atom is -0.428 e. The maximum atomic E-state index is 11.1. The van der Waals surface area contributed by atoms with E-state index in [2.05, 4.69) is 53.3 Å². The van der Waals surface area contributed by atoms with Gasteiger partial charge in [0.25, 0.3) is 6.47 Å². The van der Waals surface area contributed by atoms with Crippen LogP contribution in [0.3, 0.4) is 0 Å². The van der Waals surface area contributed by atoms with Crippen molar-refractivity contribution in [2.24, 2.45) is 0 Å². The van der Waals surface area contributed by atoms with Crippen molar-refractivity contribution in [1.82, 2.24) is 20.3 Å². The third-order valence-electron chi connectivity index (χ3n) is 5.59. The van der Waals surface area contributed by atoms with E-state index in [1.807, 2.05) is 30.3 Å². The first-order chi connectivity index (χ1) is 15.2. The molecule has 0 saturated carbocycles. The number of nitrogens with one attached hydrogen (secondary N) is 2. The van der Waals surface area contributed by atoms with Crippen molar-refractivity contribution in [1.29, 1.82) is 0 Å². The highest BCUT2D eigenvalue weighted by molar-refractivity contribution is 5.74. The lowest BCUT2D eigenvalue weighted by molar-refractivity contribution is -0.120. The summed E-state index contributed by atoms with van der Waals surface area (Å²) in [5.74, 6) is 1.15. The number of hydrogen-bond donors (Lipinski definition) is 2. The third-order valence-corrected chi connectivity index (χ3v) is 5.59. The second-order valence-electron chi connectivity index (χ2n) is 9.57. The fourth-order valence-corrected chi connectivity index (χ4v) is 4.75. The van der Waals surface area contributed by atoms with Gasteiger partial charge in [0.15, 0.2) is 0 Å². The molecule has 4 rings (SSSR count). The molecule has 32 heavy (non-hydrogen) atoms. The molecule has 0 amide bonds. The van der Waals surface area contributed by atoms with E-state index in [4.69, 9.17) is 4.74 Å². The Labute approximate surface area is 188 Å². The number of pyridine rings is 1. The van der Waals surface area contributed by atoms with Crippen molar-refractivity contribution in [3.63, 3.8) is 0 Å². The van der Waals surface area contributed by atoms with Crippen LogP contribution < -0.4 is 15.4 Å². The quantitative estimate of drug-likeness (QED) is 0.557. The lowest BCUT2D eigenvalue weighted by atomic mass is 9.79. The van der Waals surface area contributed by atoms with E-state index < -0.39 is 0 Å². The zero-order valence-corrected chi connectivity index (χ0v) is 18.9. The van der Waals surface area contributed by atoms with Crippen molar-refractivity contribution in [2.45, 2.75) is 57.7 Å². The van der Waals surface area contributed by atoms with Crippen molar-refractivity contribution in [2.75, 3.05) is 5.32 Å². The minimum absolute atomic E-state index is 0.0449. The molecule has 0 aliphatic carbocycles. The average Bonchev–Trinajstić information content (AvgIpc) is 2.73. The van der Waals surface area contributed by atoms with Gasteiger partial charge < -0.3 is 15.4 Å². The Morgan fingerprint density at radius 1 is 1.00 bits per heavy atom. The van der Waals surface area contributed by atoms with Gasteiger partial charge in [-0.2, -0.15) is 0 Å². The van der Waals surface area contributed by atoms with Gasteiger partial charge in [0.2, 0.25) is 0 Å². The molecule has 166 valence electrons. The van der Waals surface area contributed by atoms with Gasteiger partial charge in [-0.05, 0) is 64.8 Å². The topological polar surface area (TPSA) is 89.0 Å². The number of nitrogens with zero attached hydrogens (tertiary/aromatic N) is 3. The minimum atomic E-state index is 0.0449. The van der Waals surface area contributed by atoms with Crippen LogP contribution in [0.1, 0.15) is 40.5 Å². The number of ether oxygens (including phenoxy) is 1. The Morgan fingerprint density at radius 2 is 1.78 bits per heavy atom. The van der Waals surface area contributed by atoms with Crippen LogP contribution in [0.5, 0.6) is 5.75 Å². The monoisotopic (exact) mass is 431 g/mol. The number of carbonyl (C=O) groups excluding carboxylic acids is 1. The van der Waals surface area contributed by atoms with Gasteiger partial charge in [0, 0.05) is 34.4 Å². The standard InChI is InChI=1S/C25H29N5O2/c1-24(2)12-18(13-25(3,4)30-24)29-23-15-27-21(14-28-23)19-9-8-17(11-22(19)32-16-31)20-7-5-6-10-26-20/h5-11,14-16,18,30H,12-13H2,1-4H3,(H,28,29). The first-order valence-corrected chi connectivity index (χ1v) is 10.8. The SMILES string of the molecule is CC1(C)CC(Nc2cnc(-c3ccc(-c4ccccn4)cc3OC=O)cn2)CC(C)(C)N1. The molecule has 0 bridgehead atoms. The molecule has 1 saturated heterocycles. The van der Waals surface area contributed by atoms with Crippen LogP contribution in [0.15, 0.2) is 55.0 Å². The highest BCUT2D eigenvalue weighted by Crippen LogP contribution is 2.33. The van der Waals surface area contributed by atoms with E-state index in [0.29, 0.717) is 29.5 Å². The Hall–Kier alpha value is -3.32. The first kappa shape index (κ1) is 21.9. The van der Waals surface area contributed by atoms with Crippen molar-refractivity contribution in [3.8, 4) is 28.3 Å². The molecule has 1 aromatic carbocycles. The molecule has 3 aromatic rings. The summed E-state index contributed by atoms with van der Waals surface area (Å²) in [6, 6.07) is 11.6. The van der Waals surface area contributed by atoms with Gasteiger partial charge in [-0.15, -0.1) is 0 Å². The normalized spacial score (nSPS) is 17.5. The number of anilines is 1. The largest absolute Gasteiger partial charge is 0.428 e. The first-order valence-electron chi connectivity index (χ1n) is 10.8. The molecule has 0 spiro atoms. The van der Waals surface area contributed by atoms with E-state index in [-0.39, 0.29) is 11.1 Å². The lowest BCUT2D eigenvalue weighted by Gasteiger charge is -2.46. The molecular weight excluding hydrogens is 402 g/mol. The molecule has 1 aliphatic heterocycles. The second-order valence-corrected chi connectivity index (χ2v) is 9.57. The highest BCUT2D eigenvalue weighted by atomic mass is 16.5. The Kier molecular flexibility index (Phi) is 5.93. The summed E-state index contributed by atoms with van der Waals surface area (Å²) >= 11 is 0. The summed E-state index contributed by atoms with van der Waals surface area (Å²) in [5.41, 5.74) is 3.07. The molecular formula is C25H29N5O2. The van der Waals surface area contributed by atoms with E-state index in [0.717, 1.165) is 29.9 Å². The molecule has 0 radical (unpaired) electrons. The van der Waals surface area contributed by atoms with Crippen LogP contribution in [0.25, 0.3) is 22.5 Å². The fourth-order valence-electron chi connectivity index (χ4n) is 4.75. The van der Waals surface area contributed by atoms with Gasteiger partial charge in [-0.3, -0.25) is 14.8 Å². The fraction of sp³-hybridized carbons (Fsp3) is 0.360. The van der Waals surface area contributed by atoms with E-state index in [1.54, 1.807) is 24.7 Å². The molecule has 7 nitrogen and oxygen atoms in total. The summed E-state index contributed by atoms with van der Waals surface area (Å²) in [6.45, 7) is 9.31. The zero-order chi connectivity index (χ0) is 22.8. The molecule has 2 aromatic heterocycles. The maximum absolute atomic E-state index is 11.1. The third kappa shape index (κ3) is 5.11. The molecule has 0 unspecified atom stereocenters. The molecule has 0 atom stereocenters. The summed E-state index contributed by atoms with van der Waals surface area (Å²) in [4.78, 5) is 24.6. The van der Waals surface area contributed by atoms with Crippen molar-refractivity contribution >= 4 is 12.3 Å². The van der Waals surface area contributed by atoms with Gasteiger partial charge in [0.05, 0.1) is 23.8 Å². The van der Waals surface area contributed by atoms with Gasteiger partial charge >= 0.3 is 0 Å². The van der Waals surface area contributed by atoms with E-state index in [9.17, 15) is 4.79 Å².